The lowest BCUT2D eigenvalue weighted by atomic mass is 10.0. The zero-order chi connectivity index (χ0) is 31.1. The average molecular weight is 858 g/mol. The standard InChI is InChI=1S/C28H34Br4N4O7/c1-36(27(39)34-17-6-3-4-7-17)10-8-16-12-18(29)24(19(30)13-16)41-11-5-9-33-26(38)22-25(37)28(43-35-22)14-20(31)23(40-2)21(32)15-42-28/h12-13,15,17,25,37H,3-11,14H2,1-2H3,(H,33,38)(H,34,39)/t25-,28-/m1/s1. The Bertz CT molecular complexity index is 1280. The lowest BCUT2D eigenvalue weighted by Gasteiger charge is -2.27. The molecule has 1 fully saturated rings. The van der Waals surface area contributed by atoms with Gasteiger partial charge in [0.05, 0.1) is 33.6 Å². The molecule has 1 spiro atoms. The van der Waals surface area contributed by atoms with Crippen molar-refractivity contribution in [2.24, 2.45) is 5.16 Å². The van der Waals surface area contributed by atoms with E-state index in [2.05, 4.69) is 79.5 Å². The van der Waals surface area contributed by atoms with Gasteiger partial charge >= 0.3 is 11.8 Å². The third-order valence-corrected chi connectivity index (χ3v) is 9.68. The summed E-state index contributed by atoms with van der Waals surface area (Å²) in [5.41, 5.74) is 0.866. The summed E-state index contributed by atoms with van der Waals surface area (Å²) in [5, 5.41) is 20.5. The predicted octanol–water partition coefficient (Wildman–Crippen LogP) is 5.58. The normalized spacial score (nSPS) is 21.9. The molecule has 1 aliphatic carbocycles. The largest absolute Gasteiger partial charge is 0.495 e. The zero-order valence-corrected chi connectivity index (χ0v) is 30.1. The molecule has 2 atom stereocenters. The number of hydrogen-bond acceptors (Lipinski definition) is 8. The van der Waals surface area contributed by atoms with Crippen molar-refractivity contribution in [3.05, 3.63) is 47.6 Å². The summed E-state index contributed by atoms with van der Waals surface area (Å²) >= 11 is 13.9. The summed E-state index contributed by atoms with van der Waals surface area (Å²) in [4.78, 5) is 32.3. The molecule has 15 heteroatoms. The number of aliphatic hydroxyl groups is 1. The van der Waals surface area contributed by atoms with Gasteiger partial charge in [0.1, 0.15) is 17.8 Å². The van der Waals surface area contributed by atoms with Crippen LogP contribution in [-0.4, -0.2) is 79.4 Å². The maximum Gasteiger partial charge on any atom is 0.317 e. The number of carbonyl (C=O) groups is 2. The van der Waals surface area contributed by atoms with Gasteiger partial charge in [-0.05, 0) is 91.2 Å². The first-order chi connectivity index (χ1) is 20.5. The molecule has 236 valence electrons. The van der Waals surface area contributed by atoms with Crippen LogP contribution < -0.4 is 15.4 Å². The lowest BCUT2D eigenvalue weighted by molar-refractivity contribution is -0.225. The number of benzene rings is 1. The molecule has 0 radical (unpaired) electrons. The third kappa shape index (κ3) is 8.47. The summed E-state index contributed by atoms with van der Waals surface area (Å²) in [6.07, 6.45) is 5.62. The van der Waals surface area contributed by atoms with Crippen LogP contribution in [0.25, 0.3) is 0 Å². The van der Waals surface area contributed by atoms with Crippen LogP contribution in [-0.2, 0) is 25.5 Å². The molecule has 3 N–H and O–H groups in total. The van der Waals surface area contributed by atoms with E-state index in [0.717, 1.165) is 27.4 Å². The van der Waals surface area contributed by atoms with Crippen LogP contribution in [0, 0.1) is 0 Å². The van der Waals surface area contributed by atoms with Gasteiger partial charge in [-0.2, -0.15) is 0 Å². The average Bonchev–Trinajstić information content (AvgIpc) is 3.56. The number of aliphatic hydroxyl groups excluding tert-OH is 1. The van der Waals surface area contributed by atoms with Crippen LogP contribution in [0.1, 0.15) is 44.1 Å². The van der Waals surface area contributed by atoms with Crippen molar-refractivity contribution in [3.8, 4) is 5.75 Å². The second-order valence-corrected chi connectivity index (χ2v) is 13.9. The Balaban J connectivity index is 1.20. The fraction of sp³-hybridized carbons (Fsp3) is 0.536. The Kier molecular flexibility index (Phi) is 12.2. The predicted molar refractivity (Wildman–Crippen MR) is 175 cm³/mol. The fourth-order valence-electron chi connectivity index (χ4n) is 4.88. The van der Waals surface area contributed by atoms with E-state index >= 15 is 0 Å². The van der Waals surface area contributed by atoms with Gasteiger partial charge in [0.25, 0.3) is 5.91 Å². The van der Waals surface area contributed by atoms with Crippen molar-refractivity contribution < 1.29 is 33.7 Å². The monoisotopic (exact) mass is 854 g/mol. The molecule has 43 heavy (non-hydrogen) atoms. The highest BCUT2D eigenvalue weighted by atomic mass is 79.9. The number of allylic oxidation sites excluding steroid dienone is 1. The molecule has 1 aromatic rings. The van der Waals surface area contributed by atoms with Gasteiger partial charge in [0, 0.05) is 30.7 Å². The van der Waals surface area contributed by atoms with Crippen LogP contribution in [0.4, 0.5) is 4.79 Å². The van der Waals surface area contributed by atoms with Crippen molar-refractivity contribution in [2.75, 3.05) is 33.9 Å². The Morgan fingerprint density at radius 2 is 1.88 bits per heavy atom. The number of nitrogens with one attached hydrogen (secondary N) is 2. The van der Waals surface area contributed by atoms with Crippen molar-refractivity contribution in [3.63, 3.8) is 0 Å². The highest BCUT2D eigenvalue weighted by Crippen LogP contribution is 2.41. The van der Waals surface area contributed by atoms with E-state index in [9.17, 15) is 14.7 Å². The molecule has 3 amide bonds. The number of urea groups is 1. The van der Waals surface area contributed by atoms with Gasteiger partial charge in [0.2, 0.25) is 0 Å². The molecular formula is C28H34Br4N4O7. The van der Waals surface area contributed by atoms with E-state index in [4.69, 9.17) is 19.0 Å². The second kappa shape index (κ2) is 15.5. The molecule has 0 aromatic heterocycles. The maximum absolute atomic E-state index is 12.8. The minimum Gasteiger partial charge on any atom is -0.495 e. The number of amides is 3. The molecule has 4 rings (SSSR count). The molecule has 3 aliphatic rings. The molecule has 1 aromatic carbocycles. The summed E-state index contributed by atoms with van der Waals surface area (Å²) in [6.45, 7) is 1.20. The number of hydrogen-bond donors (Lipinski definition) is 3. The number of ether oxygens (including phenoxy) is 3. The first kappa shape index (κ1) is 34.1. The lowest BCUT2D eigenvalue weighted by Crippen LogP contribution is -2.49. The second-order valence-electron chi connectivity index (χ2n) is 10.4. The van der Waals surface area contributed by atoms with E-state index in [1.54, 1.807) is 4.90 Å². The molecule has 0 saturated heterocycles. The van der Waals surface area contributed by atoms with Crippen LogP contribution in [0.2, 0.25) is 0 Å². The summed E-state index contributed by atoms with van der Waals surface area (Å²) in [7, 11) is 3.31. The zero-order valence-electron chi connectivity index (χ0n) is 23.8. The maximum atomic E-state index is 12.8. The van der Waals surface area contributed by atoms with Crippen LogP contribution in [0.3, 0.4) is 0 Å². The number of likely N-dealkylation sites (N-methyl/N-ethyl adjacent to an activating group) is 1. The highest BCUT2D eigenvalue weighted by molar-refractivity contribution is 9.12. The van der Waals surface area contributed by atoms with Crippen LogP contribution >= 0.6 is 63.7 Å². The topological polar surface area (TPSA) is 131 Å². The van der Waals surface area contributed by atoms with Crippen molar-refractivity contribution in [1.29, 1.82) is 0 Å². The van der Waals surface area contributed by atoms with Gasteiger partial charge < -0.3 is 39.7 Å². The van der Waals surface area contributed by atoms with E-state index in [1.165, 1.54) is 26.2 Å². The molecule has 2 aliphatic heterocycles. The molecule has 2 heterocycles. The third-order valence-electron chi connectivity index (χ3n) is 7.31. The number of carbonyl (C=O) groups excluding carboxylic acids is 2. The van der Waals surface area contributed by atoms with Crippen molar-refractivity contribution in [1.82, 2.24) is 15.5 Å². The quantitative estimate of drug-likeness (QED) is 0.248. The van der Waals surface area contributed by atoms with Crippen molar-refractivity contribution >= 4 is 81.4 Å². The summed E-state index contributed by atoms with van der Waals surface area (Å²) in [5.74, 6) is -1.05. The Morgan fingerprint density at radius 1 is 1.19 bits per heavy atom. The van der Waals surface area contributed by atoms with Gasteiger partial charge in [-0.15, -0.1) is 0 Å². The van der Waals surface area contributed by atoms with Gasteiger partial charge in [-0.1, -0.05) is 33.9 Å². The first-order valence-corrected chi connectivity index (χ1v) is 17.0. The molecule has 11 nitrogen and oxygen atoms in total. The van der Waals surface area contributed by atoms with E-state index in [1.807, 2.05) is 19.2 Å². The Labute approximate surface area is 284 Å². The molecule has 1 saturated carbocycles. The van der Waals surface area contributed by atoms with Crippen LogP contribution in [0.15, 0.2) is 47.2 Å². The minimum atomic E-state index is -1.60. The SMILES string of the molecule is COC1=C(Br)C[C@@]2(OC=C1Br)ON=C(C(=O)NCCCOc1c(Br)cc(CCN(C)C(=O)NC3CCCC3)cc1Br)[C@H]2O. The minimum absolute atomic E-state index is 0.0346. The fourth-order valence-corrected chi connectivity index (χ4v) is 7.92. The molecular weight excluding hydrogens is 824 g/mol. The summed E-state index contributed by atoms with van der Waals surface area (Å²) < 4.78 is 19.6. The Hall–Kier alpha value is -1.81. The van der Waals surface area contributed by atoms with E-state index in [0.29, 0.717) is 52.5 Å². The number of methoxy groups -OCH3 is 1. The number of halogens is 4. The summed E-state index contributed by atoms with van der Waals surface area (Å²) in [6, 6.07) is 4.21. The van der Waals surface area contributed by atoms with Gasteiger partial charge in [-0.3, -0.25) is 4.79 Å². The highest BCUT2D eigenvalue weighted by Gasteiger charge is 2.54. The number of nitrogens with zero attached hydrogens (tertiary/aromatic N) is 2. The molecule has 0 bridgehead atoms. The number of rotatable bonds is 11. The molecule has 0 unspecified atom stereocenters. The van der Waals surface area contributed by atoms with Gasteiger partial charge in [0.15, 0.2) is 11.8 Å². The number of oxime groups is 1. The first-order valence-electron chi connectivity index (χ1n) is 13.9. The van der Waals surface area contributed by atoms with Crippen molar-refractivity contribution in [2.45, 2.75) is 62.9 Å². The van der Waals surface area contributed by atoms with Gasteiger partial charge in [-0.25, -0.2) is 4.79 Å². The van der Waals surface area contributed by atoms with E-state index < -0.39 is 17.8 Å². The van der Waals surface area contributed by atoms with E-state index in [-0.39, 0.29) is 24.7 Å². The van der Waals surface area contributed by atoms with Crippen LogP contribution in [0.5, 0.6) is 5.75 Å². The smallest absolute Gasteiger partial charge is 0.317 e. The Morgan fingerprint density at radius 3 is 2.56 bits per heavy atom.